The first kappa shape index (κ1) is 24.8. The molecule has 3 aliphatic rings. The molecule has 12 nitrogen and oxygen atoms in total. The minimum absolute atomic E-state index is 0.0415. The number of likely N-dealkylation sites (N-methyl/N-ethyl adjacent to an activating group) is 1. The lowest BCUT2D eigenvalue weighted by atomic mass is 9.68. The van der Waals surface area contributed by atoms with Crippen LogP contribution in [0.3, 0.4) is 0 Å². The topological polar surface area (TPSA) is 152 Å². The number of amides is 4. The Kier molecular flexibility index (Phi) is 5.99. The second-order valence-corrected chi connectivity index (χ2v) is 10.3. The molecule has 2 aromatic rings. The third-order valence-electron chi connectivity index (χ3n) is 7.27. The summed E-state index contributed by atoms with van der Waals surface area (Å²) in [6.07, 6.45) is 1.34. The molecule has 0 unspecified atom stereocenters. The average Bonchev–Trinajstić information content (AvgIpc) is 2.81. The standard InChI is InChI=1S/C24H27N7O5S/c1-12(2)31-19(33)15(18(32)26-23(31)37)10-25-14-4-5-16-13(8-14)9-24(17-11-29(3)6-7-30(16)17)20(34)27-22(36)28-21(24)35/h4-5,8,10,12,17,33H,6-7,9,11H2,1-3H3,(H,26,32,37)(H2,27,28,34,35,36)/t17-/m0/s1. The third kappa shape index (κ3) is 3.94. The van der Waals surface area contributed by atoms with Gasteiger partial charge >= 0.3 is 6.03 Å². The van der Waals surface area contributed by atoms with Crippen LogP contribution in [0.4, 0.5) is 16.2 Å². The number of aromatic nitrogens is 2. The van der Waals surface area contributed by atoms with Crippen molar-refractivity contribution in [1.82, 2.24) is 25.1 Å². The number of aromatic hydroxyl groups is 1. The number of fused-ring (bicyclic) bond motifs is 4. The van der Waals surface area contributed by atoms with Crippen molar-refractivity contribution in [3.05, 3.63) is 44.5 Å². The molecule has 1 atom stereocenters. The maximum absolute atomic E-state index is 13.2. The number of aromatic amines is 1. The van der Waals surface area contributed by atoms with E-state index in [0.29, 0.717) is 24.3 Å². The van der Waals surface area contributed by atoms with Crippen LogP contribution in [0.5, 0.6) is 5.88 Å². The average molecular weight is 526 g/mol. The number of urea groups is 1. The van der Waals surface area contributed by atoms with Crippen LogP contribution in [0.1, 0.15) is 31.0 Å². The molecule has 2 saturated heterocycles. The minimum Gasteiger partial charge on any atom is -0.494 e. The summed E-state index contributed by atoms with van der Waals surface area (Å²) in [6, 6.07) is 3.93. The van der Waals surface area contributed by atoms with Crippen molar-refractivity contribution in [3.8, 4) is 5.88 Å². The number of benzene rings is 1. The number of H-pyrrole nitrogens is 1. The van der Waals surface area contributed by atoms with Crippen molar-refractivity contribution in [2.75, 3.05) is 31.6 Å². The number of nitrogens with one attached hydrogen (secondary N) is 3. The smallest absolute Gasteiger partial charge is 0.328 e. The van der Waals surface area contributed by atoms with E-state index >= 15 is 0 Å². The zero-order valence-corrected chi connectivity index (χ0v) is 21.4. The number of imide groups is 2. The molecule has 13 heteroatoms. The fourth-order valence-corrected chi connectivity index (χ4v) is 5.83. The predicted octanol–water partition coefficient (Wildman–Crippen LogP) is 0.972. The normalized spacial score (nSPS) is 21.2. The number of hydrogen-bond donors (Lipinski definition) is 4. The van der Waals surface area contributed by atoms with E-state index in [1.165, 1.54) is 10.8 Å². The molecular weight excluding hydrogens is 498 g/mol. The molecule has 1 aromatic heterocycles. The lowest BCUT2D eigenvalue weighted by Crippen LogP contribution is -2.74. The van der Waals surface area contributed by atoms with E-state index in [1.54, 1.807) is 12.1 Å². The lowest BCUT2D eigenvalue weighted by molar-refractivity contribution is -0.147. The van der Waals surface area contributed by atoms with Crippen LogP contribution in [0.15, 0.2) is 28.0 Å². The van der Waals surface area contributed by atoms with Crippen LogP contribution in [-0.2, 0) is 16.0 Å². The van der Waals surface area contributed by atoms with Gasteiger partial charge < -0.3 is 14.9 Å². The Hall–Kier alpha value is -3.84. The van der Waals surface area contributed by atoms with Gasteiger partial charge in [-0.1, -0.05) is 0 Å². The number of piperazine rings is 1. The number of nitrogens with zero attached hydrogens (tertiary/aromatic N) is 4. The van der Waals surface area contributed by atoms with Crippen molar-refractivity contribution in [3.63, 3.8) is 0 Å². The van der Waals surface area contributed by atoms with Gasteiger partial charge in [-0.2, -0.15) is 0 Å². The number of hydrogen-bond acceptors (Lipinski definition) is 9. The van der Waals surface area contributed by atoms with E-state index in [1.807, 2.05) is 31.9 Å². The molecule has 37 heavy (non-hydrogen) atoms. The molecule has 0 saturated carbocycles. The first-order chi connectivity index (χ1) is 17.5. The van der Waals surface area contributed by atoms with Crippen molar-refractivity contribution in [2.24, 2.45) is 10.4 Å². The van der Waals surface area contributed by atoms with Gasteiger partial charge in [-0.15, -0.1) is 0 Å². The minimum atomic E-state index is -1.49. The monoisotopic (exact) mass is 525 g/mol. The van der Waals surface area contributed by atoms with Crippen molar-refractivity contribution >= 4 is 47.7 Å². The molecule has 1 aromatic carbocycles. The van der Waals surface area contributed by atoms with Crippen LogP contribution in [0.25, 0.3) is 0 Å². The Labute approximate surface area is 217 Å². The molecule has 0 aliphatic carbocycles. The van der Waals surface area contributed by atoms with Crippen molar-refractivity contribution in [2.45, 2.75) is 32.4 Å². The predicted molar refractivity (Wildman–Crippen MR) is 138 cm³/mol. The van der Waals surface area contributed by atoms with E-state index in [0.717, 1.165) is 12.2 Å². The molecule has 0 bridgehead atoms. The van der Waals surface area contributed by atoms with Crippen molar-refractivity contribution in [1.29, 1.82) is 0 Å². The van der Waals surface area contributed by atoms with Gasteiger partial charge in [-0.05, 0) is 63.3 Å². The zero-order valence-electron chi connectivity index (χ0n) is 20.6. The van der Waals surface area contributed by atoms with Crippen LogP contribution >= 0.6 is 12.2 Å². The van der Waals surface area contributed by atoms with Crippen LogP contribution in [0, 0.1) is 10.2 Å². The van der Waals surface area contributed by atoms with Gasteiger partial charge in [0.2, 0.25) is 17.7 Å². The van der Waals surface area contributed by atoms with Gasteiger partial charge in [0.1, 0.15) is 5.56 Å². The number of barbiturate groups is 1. The maximum atomic E-state index is 13.2. The van der Waals surface area contributed by atoms with Gasteiger partial charge in [-0.3, -0.25) is 39.6 Å². The fourth-order valence-electron chi connectivity index (χ4n) is 5.44. The number of carbonyl (C=O) groups excluding carboxylic acids is 3. The van der Waals surface area contributed by atoms with Crippen LogP contribution < -0.4 is 21.1 Å². The number of carbonyl (C=O) groups is 3. The van der Waals surface area contributed by atoms with Gasteiger partial charge in [0.15, 0.2) is 10.2 Å². The quantitative estimate of drug-likeness (QED) is 0.263. The van der Waals surface area contributed by atoms with Crippen molar-refractivity contribution < 1.29 is 19.5 Å². The number of rotatable bonds is 3. The summed E-state index contributed by atoms with van der Waals surface area (Å²) in [6.45, 7) is 5.46. The summed E-state index contributed by atoms with van der Waals surface area (Å²) >= 11 is 5.16. The summed E-state index contributed by atoms with van der Waals surface area (Å²) in [7, 11) is 1.93. The van der Waals surface area contributed by atoms with E-state index in [4.69, 9.17) is 12.2 Å². The van der Waals surface area contributed by atoms with Gasteiger partial charge in [0.05, 0.1) is 11.7 Å². The molecule has 194 valence electrons. The van der Waals surface area contributed by atoms with Gasteiger partial charge in [0, 0.05) is 37.6 Å². The first-order valence-corrected chi connectivity index (χ1v) is 12.3. The number of aliphatic imine (C=N–C) groups is 1. The largest absolute Gasteiger partial charge is 0.494 e. The number of anilines is 1. The second kappa shape index (κ2) is 8.92. The Morgan fingerprint density at radius 2 is 1.86 bits per heavy atom. The van der Waals surface area contributed by atoms with Gasteiger partial charge in [-0.25, -0.2) is 4.79 Å². The summed E-state index contributed by atoms with van der Waals surface area (Å²) in [5.41, 5.74) is -0.0391. The highest BCUT2D eigenvalue weighted by molar-refractivity contribution is 7.71. The maximum Gasteiger partial charge on any atom is 0.328 e. The fraction of sp³-hybridized carbons (Fsp3) is 0.417. The highest BCUT2D eigenvalue weighted by Gasteiger charge is 2.60. The summed E-state index contributed by atoms with van der Waals surface area (Å²) < 4.78 is 1.53. The molecule has 0 radical (unpaired) electrons. The van der Waals surface area contributed by atoms with E-state index < -0.39 is 34.9 Å². The van der Waals surface area contributed by atoms with E-state index in [2.05, 4.69) is 25.5 Å². The van der Waals surface area contributed by atoms with E-state index in [9.17, 15) is 24.3 Å². The van der Waals surface area contributed by atoms with Gasteiger partial charge in [0.25, 0.3) is 5.56 Å². The Balaban J connectivity index is 1.57. The molecule has 4 N–H and O–H groups in total. The lowest BCUT2D eigenvalue weighted by Gasteiger charge is -2.53. The van der Waals surface area contributed by atoms with E-state index in [-0.39, 0.29) is 28.7 Å². The zero-order chi connectivity index (χ0) is 26.6. The van der Waals surface area contributed by atoms with Crippen LogP contribution in [-0.4, -0.2) is 76.3 Å². The molecule has 4 amide bonds. The highest BCUT2D eigenvalue weighted by atomic mass is 32.1. The Bertz CT molecular complexity index is 1460. The highest BCUT2D eigenvalue weighted by Crippen LogP contribution is 2.45. The molecule has 3 aliphatic heterocycles. The molecular formula is C24H27N7O5S. The first-order valence-electron chi connectivity index (χ1n) is 11.9. The Morgan fingerprint density at radius 3 is 2.54 bits per heavy atom. The molecule has 5 rings (SSSR count). The summed E-state index contributed by atoms with van der Waals surface area (Å²) in [5.74, 6) is -1.53. The summed E-state index contributed by atoms with van der Waals surface area (Å²) in [5, 5.41) is 15.2. The Morgan fingerprint density at radius 1 is 1.16 bits per heavy atom. The molecule has 4 heterocycles. The molecule has 1 spiro atoms. The SMILES string of the molecule is CC(C)n1c(O)c(C=Nc2ccc3c(c2)CC2(C(=O)NC(=O)NC2=O)[C@@H]2CN(C)CCN32)c(=O)[nH]c1=S. The van der Waals surface area contributed by atoms with Crippen LogP contribution in [0.2, 0.25) is 0 Å². The third-order valence-corrected chi connectivity index (χ3v) is 7.57. The molecule has 2 fully saturated rings. The summed E-state index contributed by atoms with van der Waals surface area (Å²) in [4.78, 5) is 61.8. The second-order valence-electron chi connectivity index (χ2n) is 9.89.